The summed E-state index contributed by atoms with van der Waals surface area (Å²) in [6.07, 6.45) is 1.06. The van der Waals surface area contributed by atoms with Gasteiger partial charge in [0, 0.05) is 25.2 Å². The Labute approximate surface area is 153 Å². The topological polar surface area (TPSA) is 84.0 Å². The maximum atomic E-state index is 12.5. The molecule has 0 radical (unpaired) electrons. The van der Waals surface area contributed by atoms with Crippen LogP contribution < -0.4 is 15.0 Å². The summed E-state index contributed by atoms with van der Waals surface area (Å²) in [5.74, 6) is 1.04. The predicted octanol–water partition coefficient (Wildman–Crippen LogP) is 2.25. The van der Waals surface area contributed by atoms with Crippen LogP contribution in [-0.2, 0) is 9.53 Å². The summed E-state index contributed by atoms with van der Waals surface area (Å²) in [5, 5.41) is 3.09. The number of carbonyl (C=O) groups excluding carboxylic acids is 2. The van der Waals surface area contributed by atoms with Gasteiger partial charge in [-0.15, -0.1) is 0 Å². The number of fused-ring (bicyclic) bond motifs is 1. The van der Waals surface area contributed by atoms with Crippen LogP contribution in [0.1, 0.15) is 33.6 Å². The molecule has 0 aliphatic carbocycles. The van der Waals surface area contributed by atoms with Crippen LogP contribution in [0.25, 0.3) is 0 Å². The lowest BCUT2D eigenvalue weighted by atomic mass is 10.0. The Bertz CT molecular complexity index is 693. The van der Waals surface area contributed by atoms with Gasteiger partial charge in [0.25, 0.3) is 0 Å². The second kappa shape index (κ2) is 7.01. The van der Waals surface area contributed by atoms with Crippen molar-refractivity contribution >= 4 is 23.5 Å². The van der Waals surface area contributed by atoms with E-state index >= 15 is 0 Å². The van der Waals surface area contributed by atoms with Crippen molar-refractivity contribution in [1.29, 1.82) is 0 Å². The number of piperidine rings is 1. The number of anilines is 2. The average Bonchev–Trinajstić information content (AvgIpc) is 2.60. The number of methoxy groups -OCH3 is 1. The number of nitrogens with one attached hydrogen (secondary N) is 1. The molecule has 0 bridgehead atoms. The Balaban J connectivity index is 1.72. The van der Waals surface area contributed by atoms with Crippen molar-refractivity contribution in [3.05, 3.63) is 12.1 Å². The number of pyridine rings is 1. The fourth-order valence-corrected chi connectivity index (χ4v) is 3.25. The molecule has 0 spiro atoms. The number of aromatic nitrogens is 1. The first-order valence-corrected chi connectivity index (χ1v) is 8.87. The average molecular weight is 362 g/mol. The molecule has 1 N–H and O–H groups in total. The fourth-order valence-electron chi connectivity index (χ4n) is 3.25. The zero-order valence-corrected chi connectivity index (χ0v) is 15.7. The van der Waals surface area contributed by atoms with Gasteiger partial charge >= 0.3 is 6.09 Å². The molecule has 1 fully saturated rings. The van der Waals surface area contributed by atoms with Crippen molar-refractivity contribution < 1.29 is 19.1 Å². The lowest BCUT2D eigenvalue weighted by Crippen LogP contribution is -2.52. The van der Waals surface area contributed by atoms with Gasteiger partial charge < -0.3 is 19.7 Å². The number of ether oxygens (including phenoxy) is 2. The first kappa shape index (κ1) is 18.3. The Morgan fingerprint density at radius 3 is 2.58 bits per heavy atom. The van der Waals surface area contributed by atoms with Crippen molar-refractivity contribution in [2.24, 2.45) is 0 Å². The Morgan fingerprint density at radius 1 is 1.27 bits per heavy atom. The molecule has 2 aliphatic rings. The third-order valence-corrected chi connectivity index (χ3v) is 4.47. The standard InChI is InChI=1S/C18H26N4O4/c1-18(2,3)26-17(24)21-9-7-12(8-10-21)22-15(23)11-19-13-5-6-14(25-4)20-16(13)22/h5-6,12,19H,7-11H2,1-4H3. The monoisotopic (exact) mass is 362 g/mol. The number of likely N-dealkylation sites (tertiary alicyclic amines) is 1. The third kappa shape index (κ3) is 3.84. The minimum atomic E-state index is -0.512. The van der Waals surface area contributed by atoms with Crippen LogP contribution in [0, 0.1) is 0 Å². The van der Waals surface area contributed by atoms with Gasteiger partial charge in [-0.25, -0.2) is 4.79 Å². The molecule has 0 saturated carbocycles. The molecule has 3 rings (SSSR count). The molecule has 8 heteroatoms. The highest BCUT2D eigenvalue weighted by atomic mass is 16.6. The van der Waals surface area contributed by atoms with E-state index in [2.05, 4.69) is 10.3 Å². The van der Waals surface area contributed by atoms with Gasteiger partial charge in [0.1, 0.15) is 5.60 Å². The molecular formula is C18H26N4O4. The van der Waals surface area contributed by atoms with E-state index in [9.17, 15) is 9.59 Å². The van der Waals surface area contributed by atoms with E-state index in [4.69, 9.17) is 9.47 Å². The fraction of sp³-hybridized carbons (Fsp3) is 0.611. The van der Waals surface area contributed by atoms with Crippen molar-refractivity contribution in [3.8, 4) is 5.88 Å². The van der Waals surface area contributed by atoms with Crippen LogP contribution >= 0.6 is 0 Å². The van der Waals surface area contributed by atoms with Crippen LogP contribution in [0.2, 0.25) is 0 Å². The second-order valence-electron chi connectivity index (χ2n) is 7.54. The van der Waals surface area contributed by atoms with E-state index < -0.39 is 5.60 Å². The summed E-state index contributed by atoms with van der Waals surface area (Å²) in [4.78, 5) is 32.7. The molecule has 8 nitrogen and oxygen atoms in total. The zero-order chi connectivity index (χ0) is 18.9. The van der Waals surface area contributed by atoms with Gasteiger partial charge in [0.15, 0.2) is 5.82 Å². The summed E-state index contributed by atoms with van der Waals surface area (Å²) in [6, 6.07) is 3.64. The van der Waals surface area contributed by atoms with E-state index in [1.165, 1.54) is 0 Å². The van der Waals surface area contributed by atoms with Gasteiger partial charge in [0.2, 0.25) is 11.8 Å². The van der Waals surface area contributed by atoms with Crippen LogP contribution in [0.15, 0.2) is 12.1 Å². The Morgan fingerprint density at radius 2 is 1.96 bits per heavy atom. The molecule has 1 saturated heterocycles. The van der Waals surface area contributed by atoms with Crippen LogP contribution in [0.5, 0.6) is 5.88 Å². The van der Waals surface area contributed by atoms with Crippen LogP contribution in [0.3, 0.4) is 0 Å². The quantitative estimate of drug-likeness (QED) is 0.869. The normalized spacial score (nSPS) is 18.2. The molecule has 142 valence electrons. The van der Waals surface area contributed by atoms with Crippen LogP contribution in [-0.4, -0.2) is 60.3 Å². The molecule has 1 aromatic rings. The molecule has 2 aliphatic heterocycles. The Kier molecular flexibility index (Phi) is 4.93. The van der Waals surface area contributed by atoms with Gasteiger partial charge in [-0.1, -0.05) is 0 Å². The van der Waals surface area contributed by atoms with E-state index in [-0.39, 0.29) is 24.6 Å². The van der Waals surface area contributed by atoms with Crippen molar-refractivity contribution in [3.63, 3.8) is 0 Å². The van der Waals surface area contributed by atoms with E-state index in [0.717, 1.165) is 5.69 Å². The molecular weight excluding hydrogens is 336 g/mol. The summed E-state index contributed by atoms with van der Waals surface area (Å²) in [5.41, 5.74) is 0.307. The predicted molar refractivity (Wildman–Crippen MR) is 97.6 cm³/mol. The van der Waals surface area contributed by atoms with E-state index in [1.807, 2.05) is 26.8 Å². The maximum absolute atomic E-state index is 12.5. The number of carbonyl (C=O) groups is 2. The number of amides is 2. The van der Waals surface area contributed by atoms with Gasteiger partial charge in [-0.2, -0.15) is 4.98 Å². The smallest absolute Gasteiger partial charge is 0.410 e. The van der Waals surface area contributed by atoms with Crippen LogP contribution in [0.4, 0.5) is 16.3 Å². The number of rotatable bonds is 2. The van der Waals surface area contributed by atoms with Gasteiger partial charge in [-0.05, 0) is 39.7 Å². The lowest BCUT2D eigenvalue weighted by Gasteiger charge is -2.40. The van der Waals surface area contributed by atoms with E-state index in [0.29, 0.717) is 37.6 Å². The largest absolute Gasteiger partial charge is 0.481 e. The number of nitrogens with zero attached hydrogens (tertiary/aromatic N) is 3. The summed E-state index contributed by atoms with van der Waals surface area (Å²) >= 11 is 0. The van der Waals surface area contributed by atoms with Crippen molar-refractivity contribution in [2.45, 2.75) is 45.3 Å². The molecule has 0 aromatic carbocycles. The number of hydrogen-bond donors (Lipinski definition) is 1. The van der Waals surface area contributed by atoms with Gasteiger partial charge in [-0.3, -0.25) is 9.69 Å². The van der Waals surface area contributed by atoms with E-state index in [1.54, 1.807) is 23.0 Å². The molecule has 0 atom stereocenters. The SMILES string of the molecule is COc1ccc2c(n1)N(C1CCN(C(=O)OC(C)(C)C)CC1)C(=O)CN2. The van der Waals surface area contributed by atoms with Crippen molar-refractivity contribution in [2.75, 3.05) is 37.0 Å². The molecule has 2 amide bonds. The lowest BCUT2D eigenvalue weighted by molar-refractivity contribution is -0.117. The highest BCUT2D eigenvalue weighted by molar-refractivity contribution is 6.02. The summed E-state index contributed by atoms with van der Waals surface area (Å²) in [6.45, 7) is 6.91. The minimum absolute atomic E-state index is 0.00152. The Hall–Kier alpha value is -2.51. The molecule has 0 unspecified atom stereocenters. The summed E-state index contributed by atoms with van der Waals surface area (Å²) in [7, 11) is 1.55. The zero-order valence-electron chi connectivity index (χ0n) is 15.7. The molecule has 3 heterocycles. The highest BCUT2D eigenvalue weighted by Gasteiger charge is 2.35. The second-order valence-corrected chi connectivity index (χ2v) is 7.54. The summed E-state index contributed by atoms with van der Waals surface area (Å²) < 4.78 is 10.6. The molecule has 26 heavy (non-hydrogen) atoms. The first-order valence-electron chi connectivity index (χ1n) is 8.87. The first-order chi connectivity index (χ1) is 12.3. The minimum Gasteiger partial charge on any atom is -0.481 e. The third-order valence-electron chi connectivity index (χ3n) is 4.47. The number of hydrogen-bond acceptors (Lipinski definition) is 6. The van der Waals surface area contributed by atoms with Crippen molar-refractivity contribution in [1.82, 2.24) is 9.88 Å². The maximum Gasteiger partial charge on any atom is 0.410 e. The molecule has 1 aromatic heterocycles. The highest BCUT2D eigenvalue weighted by Crippen LogP contribution is 2.33. The van der Waals surface area contributed by atoms with Gasteiger partial charge in [0.05, 0.1) is 19.3 Å².